The average molecular weight is 413 g/mol. The first-order valence-electron chi connectivity index (χ1n) is 11.2. The summed E-state index contributed by atoms with van der Waals surface area (Å²) in [6, 6.07) is 7.55. The molecule has 4 fully saturated rings. The Bertz CT molecular complexity index is 784. The van der Waals surface area contributed by atoms with Gasteiger partial charge in [0.2, 0.25) is 5.91 Å². The molecule has 0 aliphatic heterocycles. The van der Waals surface area contributed by atoms with Gasteiger partial charge in [-0.2, -0.15) is 0 Å². The lowest BCUT2D eigenvalue weighted by atomic mass is 9.49. The highest BCUT2D eigenvalue weighted by Crippen LogP contribution is 2.61. The van der Waals surface area contributed by atoms with Crippen LogP contribution in [-0.4, -0.2) is 30.9 Å². The van der Waals surface area contributed by atoms with E-state index in [0.717, 1.165) is 49.0 Å². The molecule has 0 unspecified atom stereocenters. The van der Waals surface area contributed by atoms with Gasteiger partial charge in [-0.15, -0.1) is 0 Å². The number of benzene rings is 1. The van der Waals surface area contributed by atoms with E-state index in [4.69, 9.17) is 4.74 Å². The number of hydrogen-bond acceptors (Lipinski definition) is 4. The predicted molar refractivity (Wildman–Crippen MR) is 114 cm³/mol. The van der Waals surface area contributed by atoms with E-state index >= 15 is 0 Å². The third-order valence-corrected chi connectivity index (χ3v) is 7.11. The molecule has 4 bridgehead atoms. The van der Waals surface area contributed by atoms with E-state index in [1.165, 1.54) is 19.3 Å². The summed E-state index contributed by atoms with van der Waals surface area (Å²) >= 11 is 0. The number of amides is 2. The van der Waals surface area contributed by atoms with Crippen LogP contribution in [0.3, 0.4) is 0 Å². The van der Waals surface area contributed by atoms with E-state index < -0.39 is 11.9 Å². The van der Waals surface area contributed by atoms with Crippen molar-refractivity contribution >= 4 is 23.5 Å². The van der Waals surface area contributed by atoms with Crippen molar-refractivity contribution in [3.63, 3.8) is 0 Å². The highest BCUT2D eigenvalue weighted by Gasteiger charge is 2.51. The number of ether oxygens (including phenoxy) is 1. The van der Waals surface area contributed by atoms with E-state index in [1.54, 1.807) is 6.07 Å². The molecule has 4 aliphatic rings. The van der Waals surface area contributed by atoms with Crippen molar-refractivity contribution in [2.75, 3.05) is 18.5 Å². The standard InChI is InChI=1S/C24H32N2O4/c1-2-16-4-3-5-20(9-16)26-22(28)15-30-23(29)14-25-21(27)13-24-10-17-6-18(11-24)8-19(7-17)12-24/h3-5,9,17-19H,2,6-8,10-15H2,1H3,(H,25,27)(H,26,28). The Hall–Kier alpha value is -2.37. The van der Waals surface area contributed by atoms with Gasteiger partial charge in [0, 0.05) is 12.1 Å². The number of hydrogen-bond donors (Lipinski definition) is 2. The Labute approximate surface area is 178 Å². The predicted octanol–water partition coefficient (Wildman–Crippen LogP) is 3.45. The van der Waals surface area contributed by atoms with Crippen molar-refractivity contribution < 1.29 is 19.1 Å². The summed E-state index contributed by atoms with van der Waals surface area (Å²) in [5, 5.41) is 5.42. The Balaban J connectivity index is 1.17. The van der Waals surface area contributed by atoms with Gasteiger partial charge in [0.1, 0.15) is 6.54 Å². The second-order valence-corrected chi connectivity index (χ2v) is 9.63. The second-order valence-electron chi connectivity index (χ2n) is 9.63. The highest BCUT2D eigenvalue weighted by molar-refractivity contribution is 5.93. The largest absolute Gasteiger partial charge is 0.454 e. The van der Waals surface area contributed by atoms with Crippen molar-refractivity contribution in [1.29, 1.82) is 0 Å². The monoisotopic (exact) mass is 412 g/mol. The summed E-state index contributed by atoms with van der Waals surface area (Å²) in [5.74, 6) is 1.33. The maximum atomic E-state index is 12.5. The minimum Gasteiger partial charge on any atom is -0.454 e. The molecular formula is C24H32N2O4. The number of aryl methyl sites for hydroxylation is 1. The average Bonchev–Trinajstić information content (AvgIpc) is 2.69. The fraction of sp³-hybridized carbons (Fsp3) is 0.625. The van der Waals surface area contributed by atoms with Crippen molar-refractivity contribution in [1.82, 2.24) is 5.32 Å². The maximum Gasteiger partial charge on any atom is 0.325 e. The van der Waals surface area contributed by atoms with Gasteiger partial charge >= 0.3 is 5.97 Å². The van der Waals surface area contributed by atoms with E-state index in [1.807, 2.05) is 25.1 Å². The number of carbonyl (C=O) groups excluding carboxylic acids is 3. The van der Waals surface area contributed by atoms with Crippen LogP contribution in [0.2, 0.25) is 0 Å². The molecule has 5 rings (SSSR count). The third-order valence-electron chi connectivity index (χ3n) is 7.11. The van der Waals surface area contributed by atoms with Crippen molar-refractivity contribution in [2.24, 2.45) is 23.2 Å². The molecule has 6 heteroatoms. The van der Waals surface area contributed by atoms with Crippen LogP contribution >= 0.6 is 0 Å². The SMILES string of the molecule is CCc1cccc(NC(=O)COC(=O)CNC(=O)CC23CC4CC(CC(C4)C2)C3)c1. The second kappa shape index (κ2) is 8.78. The van der Waals surface area contributed by atoms with Crippen LogP contribution in [0.15, 0.2) is 24.3 Å². The van der Waals surface area contributed by atoms with E-state index in [9.17, 15) is 14.4 Å². The zero-order valence-electron chi connectivity index (χ0n) is 17.7. The van der Waals surface area contributed by atoms with Crippen LogP contribution in [0, 0.1) is 23.2 Å². The molecule has 0 heterocycles. The van der Waals surface area contributed by atoms with Crippen LogP contribution in [-0.2, 0) is 25.5 Å². The minimum atomic E-state index is -0.591. The molecule has 4 saturated carbocycles. The van der Waals surface area contributed by atoms with Crippen LogP contribution in [0.25, 0.3) is 0 Å². The van der Waals surface area contributed by atoms with Crippen LogP contribution in [0.1, 0.15) is 57.4 Å². The zero-order valence-corrected chi connectivity index (χ0v) is 17.7. The van der Waals surface area contributed by atoms with Crippen molar-refractivity contribution in [3.05, 3.63) is 29.8 Å². The van der Waals surface area contributed by atoms with Gasteiger partial charge in [-0.1, -0.05) is 19.1 Å². The smallest absolute Gasteiger partial charge is 0.325 e. The van der Waals surface area contributed by atoms with Gasteiger partial charge in [-0.05, 0) is 85.8 Å². The summed E-state index contributed by atoms with van der Waals surface area (Å²) in [6.07, 6.45) is 8.91. The van der Waals surface area contributed by atoms with Crippen molar-refractivity contribution in [3.8, 4) is 0 Å². The fourth-order valence-corrected chi connectivity index (χ4v) is 6.34. The first kappa shape index (κ1) is 20.9. The first-order valence-corrected chi connectivity index (χ1v) is 11.2. The van der Waals surface area contributed by atoms with Gasteiger partial charge in [-0.3, -0.25) is 14.4 Å². The van der Waals surface area contributed by atoms with Gasteiger partial charge in [0.25, 0.3) is 5.91 Å². The fourth-order valence-electron chi connectivity index (χ4n) is 6.34. The van der Waals surface area contributed by atoms with Crippen LogP contribution in [0.5, 0.6) is 0 Å². The molecule has 0 atom stereocenters. The Kier molecular flexibility index (Phi) is 6.11. The minimum absolute atomic E-state index is 0.0743. The van der Waals surface area contributed by atoms with Gasteiger partial charge in [-0.25, -0.2) is 0 Å². The molecule has 0 aromatic heterocycles. The molecule has 2 N–H and O–H groups in total. The molecule has 162 valence electrons. The van der Waals surface area contributed by atoms with Crippen LogP contribution < -0.4 is 10.6 Å². The summed E-state index contributed by atoms with van der Waals surface area (Å²) < 4.78 is 5.01. The number of rotatable bonds is 8. The topological polar surface area (TPSA) is 84.5 Å². The number of carbonyl (C=O) groups is 3. The molecule has 30 heavy (non-hydrogen) atoms. The molecule has 6 nitrogen and oxygen atoms in total. The Morgan fingerprint density at radius 1 is 1.03 bits per heavy atom. The molecule has 0 spiro atoms. The molecule has 0 radical (unpaired) electrons. The van der Waals surface area contributed by atoms with Crippen molar-refractivity contribution in [2.45, 2.75) is 58.3 Å². The Morgan fingerprint density at radius 3 is 2.33 bits per heavy atom. The van der Waals surface area contributed by atoms with E-state index in [2.05, 4.69) is 10.6 Å². The maximum absolute atomic E-state index is 12.5. The lowest BCUT2D eigenvalue weighted by molar-refractivity contribution is -0.147. The summed E-state index contributed by atoms with van der Waals surface area (Å²) in [5.41, 5.74) is 1.95. The van der Waals surface area contributed by atoms with E-state index in [0.29, 0.717) is 12.1 Å². The number of anilines is 1. The summed E-state index contributed by atoms with van der Waals surface area (Å²) in [6.45, 7) is 1.49. The zero-order chi connectivity index (χ0) is 21.1. The summed E-state index contributed by atoms with van der Waals surface area (Å²) in [4.78, 5) is 36.4. The van der Waals surface area contributed by atoms with Gasteiger partial charge in [0.15, 0.2) is 6.61 Å². The molecule has 4 aliphatic carbocycles. The molecule has 1 aromatic rings. The molecular weight excluding hydrogens is 380 g/mol. The lowest BCUT2D eigenvalue weighted by Gasteiger charge is -2.56. The lowest BCUT2D eigenvalue weighted by Crippen LogP contribution is -2.48. The normalized spacial score (nSPS) is 28.8. The van der Waals surface area contributed by atoms with Crippen LogP contribution in [0.4, 0.5) is 5.69 Å². The van der Waals surface area contributed by atoms with Gasteiger partial charge < -0.3 is 15.4 Å². The highest BCUT2D eigenvalue weighted by atomic mass is 16.5. The van der Waals surface area contributed by atoms with E-state index in [-0.39, 0.29) is 24.5 Å². The first-order chi connectivity index (χ1) is 14.4. The molecule has 1 aromatic carbocycles. The quantitative estimate of drug-likeness (QED) is 0.641. The van der Waals surface area contributed by atoms with Gasteiger partial charge in [0.05, 0.1) is 0 Å². The number of esters is 1. The Morgan fingerprint density at radius 2 is 1.70 bits per heavy atom. The summed E-state index contributed by atoms with van der Waals surface area (Å²) in [7, 11) is 0. The molecule has 0 saturated heterocycles. The molecule has 2 amide bonds. The number of nitrogens with one attached hydrogen (secondary N) is 2. The third kappa shape index (κ3) is 5.02.